The van der Waals surface area contributed by atoms with Crippen molar-refractivity contribution in [1.82, 2.24) is 10.4 Å². The van der Waals surface area contributed by atoms with Crippen molar-refractivity contribution >= 4 is 0 Å². The molecule has 0 unspecified atom stereocenters. The van der Waals surface area contributed by atoms with Gasteiger partial charge in [0.2, 0.25) is 0 Å². The van der Waals surface area contributed by atoms with Gasteiger partial charge in [0.05, 0.1) is 0 Å². The van der Waals surface area contributed by atoms with Gasteiger partial charge in [-0.1, -0.05) is 50.3 Å². The molecule has 1 aliphatic heterocycles. The van der Waals surface area contributed by atoms with E-state index in [1.54, 1.807) is 0 Å². The molecule has 0 radical (unpaired) electrons. The molecule has 0 fully saturated rings. The molecule has 2 rings (SSSR count). The lowest BCUT2D eigenvalue weighted by molar-refractivity contribution is 0.215. The van der Waals surface area contributed by atoms with Crippen LogP contribution in [0.4, 0.5) is 0 Å². The van der Waals surface area contributed by atoms with Gasteiger partial charge in [0.25, 0.3) is 0 Å². The van der Waals surface area contributed by atoms with E-state index in [1.807, 2.05) is 6.20 Å². The summed E-state index contributed by atoms with van der Waals surface area (Å²) in [5, 5.41) is 2.23. The summed E-state index contributed by atoms with van der Waals surface area (Å²) in [6, 6.07) is 10.7. The van der Waals surface area contributed by atoms with Gasteiger partial charge in [0, 0.05) is 24.7 Å². The van der Waals surface area contributed by atoms with Gasteiger partial charge in [-0.25, -0.2) is 5.01 Å². The van der Waals surface area contributed by atoms with Gasteiger partial charge in [-0.3, -0.25) is 0 Å². The topological polar surface area (TPSA) is 15.3 Å². The van der Waals surface area contributed by atoms with Gasteiger partial charge >= 0.3 is 0 Å². The van der Waals surface area contributed by atoms with E-state index in [4.69, 9.17) is 0 Å². The molecule has 15 heavy (non-hydrogen) atoms. The molecular formula is C13H18N2. The Balaban J connectivity index is 2.06. The zero-order valence-corrected chi connectivity index (χ0v) is 9.40. The van der Waals surface area contributed by atoms with Crippen LogP contribution < -0.4 is 5.43 Å². The molecule has 0 aromatic heterocycles. The number of hydrazine groups is 1. The summed E-state index contributed by atoms with van der Waals surface area (Å²) in [7, 11) is 0. The molecule has 0 saturated heterocycles. The maximum atomic E-state index is 3.24. The molecule has 1 aliphatic rings. The molecule has 1 aromatic rings. The molecule has 1 aromatic carbocycles. The van der Waals surface area contributed by atoms with Crippen LogP contribution in [0.15, 0.2) is 42.6 Å². The zero-order chi connectivity index (χ0) is 10.7. The first-order chi connectivity index (χ1) is 7.18. The van der Waals surface area contributed by atoms with Crippen molar-refractivity contribution in [1.29, 1.82) is 0 Å². The van der Waals surface area contributed by atoms with Crippen LogP contribution in [0.1, 0.15) is 19.4 Å². The number of benzene rings is 1. The van der Waals surface area contributed by atoms with Gasteiger partial charge in [-0.2, -0.15) is 0 Å². The Morgan fingerprint density at radius 2 is 2.00 bits per heavy atom. The van der Waals surface area contributed by atoms with E-state index in [1.165, 1.54) is 5.56 Å². The predicted octanol–water partition coefficient (Wildman–Crippen LogP) is 2.30. The van der Waals surface area contributed by atoms with Crippen molar-refractivity contribution in [2.45, 2.75) is 19.3 Å². The summed E-state index contributed by atoms with van der Waals surface area (Å²) < 4.78 is 0. The molecule has 1 heterocycles. The van der Waals surface area contributed by atoms with Crippen LogP contribution in [0.3, 0.4) is 0 Å². The van der Waals surface area contributed by atoms with E-state index in [-0.39, 0.29) is 5.41 Å². The maximum Gasteiger partial charge on any atom is 0.0377 e. The maximum absolute atomic E-state index is 3.24. The highest BCUT2D eigenvalue weighted by Gasteiger charge is 2.23. The Bertz CT molecular complexity index is 333. The van der Waals surface area contributed by atoms with Crippen LogP contribution in [-0.4, -0.2) is 18.1 Å². The third kappa shape index (κ3) is 2.39. The van der Waals surface area contributed by atoms with Gasteiger partial charge < -0.3 is 5.43 Å². The highest BCUT2D eigenvalue weighted by molar-refractivity contribution is 5.24. The van der Waals surface area contributed by atoms with Crippen molar-refractivity contribution < 1.29 is 0 Å². The van der Waals surface area contributed by atoms with Crippen molar-refractivity contribution in [3.63, 3.8) is 0 Å². The Morgan fingerprint density at radius 3 is 2.60 bits per heavy atom. The molecule has 0 amide bonds. The van der Waals surface area contributed by atoms with Crippen molar-refractivity contribution in [3.05, 3.63) is 48.2 Å². The van der Waals surface area contributed by atoms with Crippen LogP contribution in [0.25, 0.3) is 0 Å². The first kappa shape index (κ1) is 10.2. The average Bonchev–Trinajstić information content (AvgIpc) is 2.71. The number of rotatable bonds is 3. The Morgan fingerprint density at radius 1 is 1.27 bits per heavy atom. The molecule has 0 atom stereocenters. The van der Waals surface area contributed by atoms with Crippen LogP contribution in [0, 0.1) is 0 Å². The van der Waals surface area contributed by atoms with Crippen LogP contribution in [0.2, 0.25) is 0 Å². The molecule has 1 N–H and O–H groups in total. The van der Waals surface area contributed by atoms with E-state index in [0.29, 0.717) is 0 Å². The number of hydrogen-bond donors (Lipinski definition) is 1. The molecule has 0 aliphatic carbocycles. The standard InChI is InChI=1S/C13H18N2/c1-13(2,11-15-10-6-9-14-15)12-7-4-3-5-8-12/h3-9,14H,10-11H2,1-2H3. The lowest BCUT2D eigenvalue weighted by Gasteiger charge is -2.30. The fourth-order valence-electron chi connectivity index (χ4n) is 1.96. The molecule has 0 saturated carbocycles. The second-order valence-electron chi connectivity index (χ2n) is 4.66. The quantitative estimate of drug-likeness (QED) is 0.809. The summed E-state index contributed by atoms with van der Waals surface area (Å²) in [6.45, 7) is 6.57. The fourth-order valence-corrected chi connectivity index (χ4v) is 1.96. The van der Waals surface area contributed by atoms with Crippen molar-refractivity contribution in [2.75, 3.05) is 13.1 Å². The van der Waals surface area contributed by atoms with Gasteiger partial charge in [0.1, 0.15) is 0 Å². The van der Waals surface area contributed by atoms with Crippen molar-refractivity contribution in [2.24, 2.45) is 0 Å². The summed E-state index contributed by atoms with van der Waals surface area (Å²) in [4.78, 5) is 0. The Kier molecular flexibility index (Phi) is 2.78. The smallest absolute Gasteiger partial charge is 0.0377 e. The fraction of sp³-hybridized carbons (Fsp3) is 0.385. The molecule has 2 nitrogen and oxygen atoms in total. The number of nitrogens with zero attached hydrogens (tertiary/aromatic N) is 1. The number of nitrogens with one attached hydrogen (secondary N) is 1. The van der Waals surface area contributed by atoms with E-state index in [0.717, 1.165) is 13.1 Å². The SMILES string of the molecule is CC(C)(CN1CC=CN1)c1ccccc1. The third-order valence-corrected chi connectivity index (χ3v) is 2.84. The normalized spacial score (nSPS) is 16.7. The molecule has 80 valence electrons. The first-order valence-corrected chi connectivity index (χ1v) is 5.40. The van der Waals surface area contributed by atoms with Crippen LogP contribution in [-0.2, 0) is 5.41 Å². The first-order valence-electron chi connectivity index (χ1n) is 5.40. The van der Waals surface area contributed by atoms with Crippen molar-refractivity contribution in [3.8, 4) is 0 Å². The largest absolute Gasteiger partial charge is 0.326 e. The van der Waals surface area contributed by atoms with E-state index in [9.17, 15) is 0 Å². The molecule has 0 bridgehead atoms. The van der Waals surface area contributed by atoms with E-state index >= 15 is 0 Å². The molecular weight excluding hydrogens is 184 g/mol. The average molecular weight is 202 g/mol. The highest BCUT2D eigenvalue weighted by atomic mass is 15.5. The van der Waals surface area contributed by atoms with Gasteiger partial charge in [0.15, 0.2) is 0 Å². The zero-order valence-electron chi connectivity index (χ0n) is 9.40. The molecule has 0 spiro atoms. The second kappa shape index (κ2) is 4.07. The van der Waals surface area contributed by atoms with Gasteiger partial charge in [-0.05, 0) is 5.56 Å². The summed E-state index contributed by atoms with van der Waals surface area (Å²) >= 11 is 0. The highest BCUT2D eigenvalue weighted by Crippen LogP contribution is 2.23. The Hall–Kier alpha value is -1.28. The Labute approximate surface area is 91.6 Å². The minimum atomic E-state index is 0.181. The minimum absolute atomic E-state index is 0.181. The third-order valence-electron chi connectivity index (χ3n) is 2.84. The predicted molar refractivity (Wildman–Crippen MR) is 63.3 cm³/mol. The van der Waals surface area contributed by atoms with Crippen LogP contribution >= 0.6 is 0 Å². The number of hydrogen-bond acceptors (Lipinski definition) is 2. The van der Waals surface area contributed by atoms with E-state index in [2.05, 4.69) is 60.7 Å². The van der Waals surface area contributed by atoms with Gasteiger partial charge in [-0.15, -0.1) is 0 Å². The summed E-state index contributed by atoms with van der Waals surface area (Å²) in [5.41, 5.74) is 4.80. The van der Waals surface area contributed by atoms with Crippen LogP contribution in [0.5, 0.6) is 0 Å². The second-order valence-corrected chi connectivity index (χ2v) is 4.66. The monoisotopic (exact) mass is 202 g/mol. The summed E-state index contributed by atoms with van der Waals surface area (Å²) in [5.74, 6) is 0. The summed E-state index contributed by atoms with van der Waals surface area (Å²) in [6.07, 6.45) is 4.14. The minimum Gasteiger partial charge on any atom is -0.326 e. The lowest BCUT2D eigenvalue weighted by atomic mass is 9.84. The lowest BCUT2D eigenvalue weighted by Crippen LogP contribution is -2.40. The molecule has 2 heteroatoms. The van der Waals surface area contributed by atoms with E-state index < -0.39 is 0 Å².